The van der Waals surface area contributed by atoms with E-state index in [9.17, 15) is 5.11 Å². The summed E-state index contributed by atoms with van der Waals surface area (Å²) in [5.74, 6) is 0. The minimum absolute atomic E-state index is 0.184. The summed E-state index contributed by atoms with van der Waals surface area (Å²) >= 11 is 0. The fraction of sp³-hybridized carbons (Fsp3) is 1.00. The Kier molecular flexibility index (Phi) is 9.64. The summed E-state index contributed by atoms with van der Waals surface area (Å²) in [5.41, 5.74) is -0.197. The highest BCUT2D eigenvalue weighted by molar-refractivity contribution is 4.88. The van der Waals surface area contributed by atoms with E-state index in [2.05, 4.69) is 63.8 Å². The smallest absolute Gasteiger partial charge is 0.0611 e. The first-order chi connectivity index (χ1) is 9.24. The average Bonchev–Trinajstić information content (AvgIpc) is 2.32. The fourth-order valence-corrected chi connectivity index (χ4v) is 2.82. The lowest BCUT2D eigenvalue weighted by molar-refractivity contribution is 0.104. The van der Waals surface area contributed by atoms with Crippen LogP contribution < -0.4 is 5.32 Å². The van der Waals surface area contributed by atoms with Gasteiger partial charge in [0.05, 0.1) is 6.61 Å². The van der Waals surface area contributed by atoms with E-state index in [4.69, 9.17) is 0 Å². The first-order valence-electron chi connectivity index (χ1n) is 8.01. The van der Waals surface area contributed by atoms with Gasteiger partial charge in [0, 0.05) is 30.7 Å². The number of rotatable bonds is 11. The third-order valence-electron chi connectivity index (χ3n) is 3.70. The number of nitrogens with one attached hydrogen (secondary N) is 1. The number of hydrogen-bond donors (Lipinski definition) is 2. The van der Waals surface area contributed by atoms with Crippen LogP contribution >= 0.6 is 0 Å². The molecular weight excluding hydrogens is 250 g/mol. The first kappa shape index (κ1) is 19.8. The Balaban J connectivity index is 4.58. The van der Waals surface area contributed by atoms with E-state index >= 15 is 0 Å². The molecule has 0 saturated heterocycles. The minimum Gasteiger partial charge on any atom is -0.394 e. The summed E-state index contributed by atoms with van der Waals surface area (Å²) in [6, 6.07) is 0.860. The van der Waals surface area contributed by atoms with Gasteiger partial charge in [-0.15, -0.1) is 0 Å². The molecule has 0 spiro atoms. The second-order valence-corrected chi connectivity index (χ2v) is 6.91. The number of likely N-dealkylation sites (N-methyl/N-ethyl adjacent to an activating group) is 1. The summed E-state index contributed by atoms with van der Waals surface area (Å²) in [5, 5.41) is 13.2. The second kappa shape index (κ2) is 9.72. The van der Waals surface area contributed by atoms with Crippen molar-refractivity contribution in [1.82, 2.24) is 15.1 Å². The zero-order valence-electron chi connectivity index (χ0n) is 14.7. The van der Waals surface area contributed by atoms with Gasteiger partial charge in [-0.25, -0.2) is 0 Å². The van der Waals surface area contributed by atoms with Crippen molar-refractivity contribution in [3.63, 3.8) is 0 Å². The minimum atomic E-state index is -0.197. The van der Waals surface area contributed by atoms with Gasteiger partial charge in [-0.3, -0.25) is 4.90 Å². The van der Waals surface area contributed by atoms with Gasteiger partial charge >= 0.3 is 0 Å². The van der Waals surface area contributed by atoms with Crippen LogP contribution in [0.2, 0.25) is 0 Å². The van der Waals surface area contributed by atoms with E-state index < -0.39 is 0 Å². The molecule has 0 aromatic heterocycles. The van der Waals surface area contributed by atoms with Crippen LogP contribution in [0.25, 0.3) is 0 Å². The van der Waals surface area contributed by atoms with Gasteiger partial charge in [0.15, 0.2) is 0 Å². The Morgan fingerprint density at radius 2 is 1.70 bits per heavy atom. The molecular formula is C16H37N3O. The molecule has 4 nitrogen and oxygen atoms in total. The van der Waals surface area contributed by atoms with Crippen LogP contribution in [-0.2, 0) is 0 Å². The number of hydrogen-bond acceptors (Lipinski definition) is 4. The highest BCUT2D eigenvalue weighted by Gasteiger charge is 2.28. The molecule has 0 heterocycles. The molecule has 4 heteroatoms. The number of nitrogens with zero attached hydrogens (tertiary/aromatic N) is 2. The van der Waals surface area contributed by atoms with Gasteiger partial charge in [-0.1, -0.05) is 20.8 Å². The van der Waals surface area contributed by atoms with Crippen molar-refractivity contribution in [2.75, 3.05) is 40.3 Å². The van der Waals surface area contributed by atoms with Crippen molar-refractivity contribution in [2.24, 2.45) is 0 Å². The molecule has 0 radical (unpaired) electrons. The van der Waals surface area contributed by atoms with E-state index in [1.165, 1.54) is 6.42 Å². The molecule has 2 atom stereocenters. The summed E-state index contributed by atoms with van der Waals surface area (Å²) in [6.07, 6.45) is 2.14. The maximum absolute atomic E-state index is 9.72. The molecule has 0 amide bonds. The Morgan fingerprint density at radius 1 is 1.10 bits per heavy atom. The van der Waals surface area contributed by atoms with E-state index in [0.717, 1.165) is 26.1 Å². The van der Waals surface area contributed by atoms with Gasteiger partial charge < -0.3 is 15.3 Å². The highest BCUT2D eigenvalue weighted by Crippen LogP contribution is 2.17. The zero-order chi connectivity index (χ0) is 15.8. The van der Waals surface area contributed by atoms with Gasteiger partial charge in [-0.2, -0.15) is 0 Å². The van der Waals surface area contributed by atoms with E-state index in [1.54, 1.807) is 0 Å². The third kappa shape index (κ3) is 8.20. The van der Waals surface area contributed by atoms with Crippen LogP contribution in [0.4, 0.5) is 0 Å². The molecule has 0 rings (SSSR count). The van der Waals surface area contributed by atoms with E-state index in [-0.39, 0.29) is 12.1 Å². The summed E-state index contributed by atoms with van der Waals surface area (Å²) < 4.78 is 0. The van der Waals surface area contributed by atoms with E-state index in [0.29, 0.717) is 12.1 Å². The Bertz CT molecular complexity index is 246. The van der Waals surface area contributed by atoms with Crippen molar-refractivity contribution in [2.45, 2.75) is 65.1 Å². The monoisotopic (exact) mass is 287 g/mol. The Labute approximate surface area is 126 Å². The van der Waals surface area contributed by atoms with Crippen molar-refractivity contribution >= 4 is 0 Å². The lowest BCUT2D eigenvalue weighted by Crippen LogP contribution is -2.53. The topological polar surface area (TPSA) is 38.7 Å². The van der Waals surface area contributed by atoms with Crippen LogP contribution in [0.5, 0.6) is 0 Å². The molecule has 2 unspecified atom stereocenters. The SMILES string of the molecule is CCCN(CCN(C)C)C(C)CC(C)(CO)NC(C)C. The predicted octanol–water partition coefficient (Wildman–Crippen LogP) is 1.79. The molecule has 0 aliphatic heterocycles. The Hall–Kier alpha value is -0.160. The van der Waals surface area contributed by atoms with Crippen molar-refractivity contribution in [3.05, 3.63) is 0 Å². The maximum Gasteiger partial charge on any atom is 0.0611 e. The largest absolute Gasteiger partial charge is 0.394 e. The molecule has 0 saturated carbocycles. The van der Waals surface area contributed by atoms with Crippen LogP contribution in [0.15, 0.2) is 0 Å². The summed E-state index contributed by atoms with van der Waals surface area (Å²) in [4.78, 5) is 4.77. The normalized spacial score (nSPS) is 16.9. The van der Waals surface area contributed by atoms with Gasteiger partial charge in [0.1, 0.15) is 0 Å². The summed E-state index contributed by atoms with van der Waals surface area (Å²) in [6.45, 7) is 14.4. The molecule has 0 fully saturated rings. The van der Waals surface area contributed by atoms with Crippen molar-refractivity contribution in [3.8, 4) is 0 Å². The highest BCUT2D eigenvalue weighted by atomic mass is 16.3. The Morgan fingerprint density at radius 3 is 2.10 bits per heavy atom. The van der Waals surface area contributed by atoms with Crippen LogP contribution in [-0.4, -0.2) is 72.9 Å². The molecule has 0 aliphatic carbocycles. The molecule has 0 aromatic rings. The van der Waals surface area contributed by atoms with Crippen molar-refractivity contribution < 1.29 is 5.11 Å². The molecule has 0 aliphatic rings. The van der Waals surface area contributed by atoms with E-state index in [1.807, 2.05) is 0 Å². The lowest BCUT2D eigenvalue weighted by Gasteiger charge is -2.38. The quantitative estimate of drug-likeness (QED) is 0.608. The van der Waals surface area contributed by atoms with Crippen molar-refractivity contribution in [1.29, 1.82) is 0 Å². The predicted molar refractivity (Wildman–Crippen MR) is 88.3 cm³/mol. The second-order valence-electron chi connectivity index (χ2n) is 6.91. The number of aliphatic hydroxyl groups is 1. The molecule has 0 bridgehead atoms. The van der Waals surface area contributed by atoms with Gasteiger partial charge in [0.2, 0.25) is 0 Å². The average molecular weight is 287 g/mol. The molecule has 122 valence electrons. The number of aliphatic hydroxyl groups excluding tert-OH is 1. The lowest BCUT2D eigenvalue weighted by atomic mass is 9.92. The zero-order valence-corrected chi connectivity index (χ0v) is 14.7. The molecule has 2 N–H and O–H groups in total. The molecule has 0 aromatic carbocycles. The first-order valence-corrected chi connectivity index (χ1v) is 8.01. The van der Waals surface area contributed by atoms with Gasteiger partial charge in [0.25, 0.3) is 0 Å². The molecule has 20 heavy (non-hydrogen) atoms. The van der Waals surface area contributed by atoms with Crippen LogP contribution in [0, 0.1) is 0 Å². The van der Waals surface area contributed by atoms with Crippen LogP contribution in [0.1, 0.15) is 47.5 Å². The van der Waals surface area contributed by atoms with Crippen LogP contribution in [0.3, 0.4) is 0 Å². The fourth-order valence-electron chi connectivity index (χ4n) is 2.82. The summed E-state index contributed by atoms with van der Waals surface area (Å²) in [7, 11) is 4.24. The van der Waals surface area contributed by atoms with Gasteiger partial charge in [-0.05, 0) is 47.3 Å². The third-order valence-corrected chi connectivity index (χ3v) is 3.70. The standard InChI is InChI=1S/C16H37N3O/c1-8-9-19(11-10-18(6)7)15(4)12-16(5,13-20)17-14(2)3/h14-15,17,20H,8-13H2,1-7H3. The maximum atomic E-state index is 9.72.